The van der Waals surface area contributed by atoms with Crippen LogP contribution in [-0.2, 0) is 13.6 Å². The molecule has 1 N–H and O–H groups in total. The quantitative estimate of drug-likeness (QED) is 0.922. The van der Waals surface area contributed by atoms with Crippen LogP contribution < -0.4 is 4.90 Å². The number of anilines is 1. The minimum atomic E-state index is -0.582. The van der Waals surface area contributed by atoms with Gasteiger partial charge < -0.3 is 14.6 Å². The Morgan fingerprint density at radius 2 is 2.25 bits per heavy atom. The average Bonchev–Trinajstić information content (AvgIpc) is 2.83. The lowest BCUT2D eigenvalue weighted by Crippen LogP contribution is -2.21. The van der Waals surface area contributed by atoms with Crippen LogP contribution in [0.25, 0.3) is 0 Å². The van der Waals surface area contributed by atoms with Gasteiger partial charge in [-0.25, -0.2) is 4.98 Å². The van der Waals surface area contributed by atoms with Crippen LogP contribution in [0, 0.1) is 11.3 Å². The minimum Gasteiger partial charge on any atom is -0.389 e. The summed E-state index contributed by atoms with van der Waals surface area (Å²) in [6.45, 7) is 2.33. The molecule has 1 heterocycles. The van der Waals surface area contributed by atoms with E-state index in [1.165, 1.54) is 0 Å². The summed E-state index contributed by atoms with van der Waals surface area (Å²) in [5.41, 5.74) is 2.24. The molecule has 5 nitrogen and oxygen atoms in total. The molecule has 0 amide bonds. The zero-order valence-corrected chi connectivity index (χ0v) is 11.9. The van der Waals surface area contributed by atoms with Crippen LogP contribution in [0.4, 0.5) is 5.69 Å². The highest BCUT2D eigenvalue weighted by Gasteiger charge is 2.14. The third kappa shape index (κ3) is 2.81. The van der Waals surface area contributed by atoms with Gasteiger partial charge in [0.25, 0.3) is 0 Å². The van der Waals surface area contributed by atoms with Crippen molar-refractivity contribution in [3.8, 4) is 6.07 Å². The molecule has 0 unspecified atom stereocenters. The van der Waals surface area contributed by atoms with Gasteiger partial charge in [-0.2, -0.15) is 5.26 Å². The van der Waals surface area contributed by atoms with E-state index < -0.39 is 6.10 Å². The lowest BCUT2D eigenvalue weighted by molar-refractivity contribution is 0.199. The highest BCUT2D eigenvalue weighted by molar-refractivity contribution is 5.58. The molecule has 0 fully saturated rings. The Morgan fingerprint density at radius 1 is 1.50 bits per heavy atom. The molecule has 1 atom stereocenters. The Balaban J connectivity index is 2.35. The fourth-order valence-electron chi connectivity index (χ4n) is 2.14. The summed E-state index contributed by atoms with van der Waals surface area (Å²) < 4.78 is 1.95. The third-order valence-electron chi connectivity index (χ3n) is 3.32. The second-order valence-corrected chi connectivity index (χ2v) is 4.87. The molecule has 0 aliphatic rings. The lowest BCUT2D eigenvalue weighted by atomic mass is 10.0. The number of aliphatic hydroxyl groups excluding tert-OH is 1. The van der Waals surface area contributed by atoms with Crippen LogP contribution >= 0.6 is 0 Å². The standard InChI is InChI=1S/C15H18N4O/c1-11(20)13-5-4-12(9-16)8-14(13)19(3)10-15-17-6-7-18(15)2/h4-8,11,20H,10H2,1-3H3/t11-/m1/s1. The van der Waals surface area contributed by atoms with Crippen molar-refractivity contribution in [3.05, 3.63) is 47.5 Å². The molecular weight excluding hydrogens is 252 g/mol. The van der Waals surface area contributed by atoms with Gasteiger partial charge in [0.15, 0.2) is 0 Å². The van der Waals surface area contributed by atoms with E-state index in [2.05, 4.69) is 11.1 Å². The molecule has 2 rings (SSSR count). The minimum absolute atomic E-state index is 0.580. The molecule has 1 aromatic carbocycles. The molecule has 2 aromatic rings. The van der Waals surface area contributed by atoms with Gasteiger partial charge in [0.05, 0.1) is 24.3 Å². The van der Waals surface area contributed by atoms with E-state index in [-0.39, 0.29) is 0 Å². The summed E-state index contributed by atoms with van der Waals surface area (Å²) in [4.78, 5) is 6.28. The van der Waals surface area contributed by atoms with E-state index in [0.717, 1.165) is 17.1 Å². The number of benzene rings is 1. The second-order valence-electron chi connectivity index (χ2n) is 4.87. The third-order valence-corrected chi connectivity index (χ3v) is 3.32. The molecule has 0 radical (unpaired) electrons. The summed E-state index contributed by atoms with van der Waals surface area (Å²) in [5.74, 6) is 0.923. The number of imidazole rings is 1. The first-order valence-electron chi connectivity index (χ1n) is 6.42. The molecule has 0 aliphatic carbocycles. The largest absolute Gasteiger partial charge is 0.389 e. The van der Waals surface area contributed by atoms with Gasteiger partial charge >= 0.3 is 0 Å². The van der Waals surface area contributed by atoms with Crippen molar-refractivity contribution < 1.29 is 5.11 Å². The lowest BCUT2D eigenvalue weighted by Gasteiger charge is -2.23. The molecule has 5 heteroatoms. The van der Waals surface area contributed by atoms with Crippen molar-refractivity contribution in [2.45, 2.75) is 19.6 Å². The highest BCUT2D eigenvalue weighted by atomic mass is 16.3. The predicted molar refractivity (Wildman–Crippen MR) is 77.1 cm³/mol. The Morgan fingerprint density at radius 3 is 2.80 bits per heavy atom. The Hall–Kier alpha value is -2.32. The van der Waals surface area contributed by atoms with Crippen LogP contribution in [0.2, 0.25) is 0 Å². The van der Waals surface area contributed by atoms with Crippen LogP contribution in [0.3, 0.4) is 0 Å². The number of rotatable bonds is 4. The highest BCUT2D eigenvalue weighted by Crippen LogP contribution is 2.27. The van der Waals surface area contributed by atoms with Gasteiger partial charge in [-0.3, -0.25) is 0 Å². The smallest absolute Gasteiger partial charge is 0.127 e. The SMILES string of the molecule is C[C@@H](O)c1ccc(C#N)cc1N(C)Cc1nccn1C. The van der Waals surface area contributed by atoms with E-state index in [1.807, 2.05) is 29.8 Å². The average molecular weight is 270 g/mol. The van der Waals surface area contributed by atoms with E-state index in [9.17, 15) is 5.11 Å². The normalized spacial score (nSPS) is 11.9. The number of nitriles is 1. The van der Waals surface area contributed by atoms with Gasteiger partial charge in [-0.1, -0.05) is 6.07 Å². The predicted octanol–water partition coefficient (Wildman–Crippen LogP) is 1.98. The molecule has 1 aromatic heterocycles. The topological polar surface area (TPSA) is 65.1 Å². The first-order valence-corrected chi connectivity index (χ1v) is 6.42. The van der Waals surface area contributed by atoms with Crippen molar-refractivity contribution in [1.29, 1.82) is 5.26 Å². The summed E-state index contributed by atoms with van der Waals surface area (Å²) in [7, 11) is 3.87. The van der Waals surface area contributed by atoms with Crippen LogP contribution in [0.5, 0.6) is 0 Å². The number of aryl methyl sites for hydroxylation is 1. The fraction of sp³-hybridized carbons (Fsp3) is 0.333. The summed E-state index contributed by atoms with van der Waals surface area (Å²) >= 11 is 0. The van der Waals surface area contributed by atoms with Gasteiger partial charge in [0, 0.05) is 37.7 Å². The summed E-state index contributed by atoms with van der Waals surface area (Å²) in [6.07, 6.45) is 3.07. The van der Waals surface area contributed by atoms with Gasteiger partial charge in [-0.15, -0.1) is 0 Å². The van der Waals surface area contributed by atoms with E-state index >= 15 is 0 Å². The van der Waals surface area contributed by atoms with Crippen molar-refractivity contribution in [2.75, 3.05) is 11.9 Å². The summed E-state index contributed by atoms with van der Waals surface area (Å²) in [6, 6.07) is 7.45. The van der Waals surface area contributed by atoms with Crippen molar-refractivity contribution in [2.24, 2.45) is 7.05 Å². The Bertz CT molecular complexity index is 640. The molecule has 20 heavy (non-hydrogen) atoms. The fourth-order valence-corrected chi connectivity index (χ4v) is 2.14. The number of aromatic nitrogens is 2. The van der Waals surface area contributed by atoms with Crippen molar-refractivity contribution in [1.82, 2.24) is 9.55 Å². The number of hydrogen-bond donors (Lipinski definition) is 1. The van der Waals surface area contributed by atoms with Gasteiger partial charge in [0.1, 0.15) is 5.82 Å². The van der Waals surface area contributed by atoms with E-state index in [1.54, 1.807) is 31.3 Å². The van der Waals surface area contributed by atoms with Gasteiger partial charge in [-0.05, 0) is 19.1 Å². The number of hydrogen-bond acceptors (Lipinski definition) is 4. The van der Waals surface area contributed by atoms with Crippen molar-refractivity contribution in [3.63, 3.8) is 0 Å². The first kappa shape index (κ1) is 14.1. The Labute approximate surface area is 118 Å². The second kappa shape index (κ2) is 5.76. The van der Waals surface area contributed by atoms with Crippen molar-refractivity contribution >= 4 is 5.69 Å². The maximum Gasteiger partial charge on any atom is 0.127 e. The zero-order valence-electron chi connectivity index (χ0n) is 11.9. The number of nitrogens with zero attached hydrogens (tertiary/aromatic N) is 4. The van der Waals surface area contributed by atoms with E-state index in [0.29, 0.717) is 12.1 Å². The summed E-state index contributed by atoms with van der Waals surface area (Å²) in [5, 5.41) is 18.9. The molecule has 0 spiro atoms. The van der Waals surface area contributed by atoms with Gasteiger partial charge in [0.2, 0.25) is 0 Å². The molecule has 0 saturated heterocycles. The molecular formula is C15H18N4O. The molecule has 104 valence electrons. The van der Waals surface area contributed by atoms with Crippen LogP contribution in [0.15, 0.2) is 30.6 Å². The molecule has 0 saturated carbocycles. The van der Waals surface area contributed by atoms with Crippen LogP contribution in [-0.4, -0.2) is 21.7 Å². The number of aliphatic hydroxyl groups is 1. The molecule has 0 aliphatic heterocycles. The van der Waals surface area contributed by atoms with E-state index in [4.69, 9.17) is 5.26 Å². The first-order chi connectivity index (χ1) is 9.52. The maximum absolute atomic E-state index is 9.87. The maximum atomic E-state index is 9.87. The Kier molecular flexibility index (Phi) is 4.06. The zero-order chi connectivity index (χ0) is 14.7. The molecule has 0 bridgehead atoms. The monoisotopic (exact) mass is 270 g/mol. The van der Waals surface area contributed by atoms with Crippen LogP contribution in [0.1, 0.15) is 30.0 Å².